The number of halogens is 8. The van der Waals surface area contributed by atoms with Crippen LogP contribution in [0.4, 0.5) is 26.3 Å². The van der Waals surface area contributed by atoms with Gasteiger partial charge in [-0.3, -0.25) is 9.59 Å². The van der Waals surface area contributed by atoms with Crippen LogP contribution >= 0.6 is 31.9 Å². The second-order valence-corrected chi connectivity index (χ2v) is 10.4. The van der Waals surface area contributed by atoms with E-state index in [9.17, 15) is 35.9 Å². The Morgan fingerprint density at radius 1 is 0.923 bits per heavy atom. The third kappa shape index (κ3) is 6.21. The lowest BCUT2D eigenvalue weighted by Gasteiger charge is -2.29. The Bertz CT molecular complexity index is 1460. The second-order valence-electron chi connectivity index (χ2n) is 8.57. The number of benzene rings is 3. The summed E-state index contributed by atoms with van der Waals surface area (Å²) in [5, 5.41) is 8.43. The number of hydrogen-bond acceptors (Lipinski definition) is 4. The molecule has 0 saturated heterocycles. The van der Waals surface area contributed by atoms with Crippen LogP contribution in [-0.4, -0.2) is 43.0 Å². The van der Waals surface area contributed by atoms with Crippen molar-refractivity contribution >= 4 is 60.2 Å². The van der Waals surface area contributed by atoms with Crippen LogP contribution in [0.3, 0.4) is 0 Å². The molecular formula is C25H17Br2F6N3O3. The predicted octanol–water partition coefficient (Wildman–Crippen LogP) is 6.36. The van der Waals surface area contributed by atoms with E-state index in [0.29, 0.717) is 25.3 Å². The average molecular weight is 681 g/mol. The van der Waals surface area contributed by atoms with Crippen molar-refractivity contribution in [1.82, 2.24) is 10.6 Å². The van der Waals surface area contributed by atoms with Crippen molar-refractivity contribution in [2.45, 2.75) is 24.4 Å². The van der Waals surface area contributed by atoms with Gasteiger partial charge in [-0.25, -0.2) is 0 Å². The Labute approximate surface area is 234 Å². The van der Waals surface area contributed by atoms with Gasteiger partial charge in [0, 0.05) is 32.1 Å². The molecule has 1 unspecified atom stereocenters. The summed E-state index contributed by atoms with van der Waals surface area (Å²) < 4.78 is 80.9. The molecule has 2 amide bonds. The molecule has 0 bridgehead atoms. The number of nitrogens with zero attached hydrogens (tertiary/aromatic N) is 1. The molecule has 1 atom stereocenters. The van der Waals surface area contributed by atoms with E-state index in [4.69, 9.17) is 4.84 Å². The van der Waals surface area contributed by atoms with Crippen LogP contribution in [0.5, 0.6) is 0 Å². The van der Waals surface area contributed by atoms with Gasteiger partial charge in [-0.05, 0) is 35.0 Å². The molecule has 6 nitrogen and oxygen atoms in total. The van der Waals surface area contributed by atoms with Crippen molar-refractivity contribution in [2.24, 2.45) is 5.16 Å². The maximum atomic E-state index is 14.4. The highest BCUT2D eigenvalue weighted by Crippen LogP contribution is 2.50. The number of fused-ring (bicyclic) bond motifs is 1. The van der Waals surface area contributed by atoms with Gasteiger partial charge in [0.1, 0.15) is 6.54 Å². The minimum atomic E-state index is -4.83. The van der Waals surface area contributed by atoms with Gasteiger partial charge in [0.25, 0.3) is 11.5 Å². The van der Waals surface area contributed by atoms with Crippen LogP contribution < -0.4 is 10.6 Å². The van der Waals surface area contributed by atoms with E-state index in [-0.39, 0.29) is 16.8 Å². The van der Waals surface area contributed by atoms with Crippen molar-refractivity contribution in [3.8, 4) is 0 Å². The minimum Gasteiger partial charge on any atom is -0.374 e. The van der Waals surface area contributed by atoms with Crippen molar-refractivity contribution in [3.63, 3.8) is 0 Å². The highest BCUT2D eigenvalue weighted by Gasteiger charge is 2.62. The van der Waals surface area contributed by atoms with Crippen molar-refractivity contribution in [1.29, 1.82) is 0 Å². The Kier molecular flexibility index (Phi) is 7.99. The maximum Gasteiger partial charge on any atom is 0.435 e. The van der Waals surface area contributed by atoms with Crippen molar-refractivity contribution in [3.05, 3.63) is 80.2 Å². The summed E-state index contributed by atoms with van der Waals surface area (Å²) in [6, 6.07) is 13.3. The summed E-state index contributed by atoms with van der Waals surface area (Å²) in [4.78, 5) is 29.5. The molecule has 1 aliphatic heterocycles. The molecule has 4 rings (SSSR count). The SMILES string of the molecule is O=C(CNC(=O)c1ccc(C2=NOC(c3cc(Br)cc(Br)c3)(C(F)(F)F)C2)c2ccccc12)NCC(F)(F)F. The summed E-state index contributed by atoms with van der Waals surface area (Å²) >= 11 is 6.40. The van der Waals surface area contributed by atoms with Crippen LogP contribution in [0.25, 0.3) is 10.8 Å². The molecule has 0 radical (unpaired) electrons. The zero-order valence-corrected chi connectivity index (χ0v) is 22.7. The molecule has 206 valence electrons. The van der Waals surface area contributed by atoms with Gasteiger partial charge in [-0.1, -0.05) is 67.3 Å². The molecule has 14 heteroatoms. The Hall–Kier alpha value is -3.13. The normalized spacial score (nSPS) is 17.5. The predicted molar refractivity (Wildman–Crippen MR) is 137 cm³/mol. The summed E-state index contributed by atoms with van der Waals surface area (Å²) in [6.45, 7) is -2.25. The summed E-state index contributed by atoms with van der Waals surface area (Å²) in [5.74, 6) is -1.80. The molecule has 1 aliphatic rings. The fourth-order valence-corrected chi connectivity index (χ4v) is 5.39. The van der Waals surface area contributed by atoms with Gasteiger partial charge >= 0.3 is 12.4 Å². The Morgan fingerprint density at radius 2 is 1.56 bits per heavy atom. The monoisotopic (exact) mass is 679 g/mol. The smallest absolute Gasteiger partial charge is 0.374 e. The largest absolute Gasteiger partial charge is 0.435 e. The van der Waals surface area contributed by atoms with Gasteiger partial charge in [-0.15, -0.1) is 0 Å². The lowest BCUT2D eigenvalue weighted by molar-refractivity contribution is -0.275. The number of alkyl halides is 6. The quantitative estimate of drug-likeness (QED) is 0.298. The van der Waals surface area contributed by atoms with Gasteiger partial charge in [0.15, 0.2) is 0 Å². The van der Waals surface area contributed by atoms with E-state index in [0.717, 1.165) is 0 Å². The third-order valence-electron chi connectivity index (χ3n) is 5.89. The van der Waals surface area contributed by atoms with Crippen molar-refractivity contribution in [2.75, 3.05) is 13.1 Å². The standard InChI is InChI=1S/C25H17Br2F6N3O3/c26-14-7-13(8-15(27)9-14)23(25(31,32)33)10-20(36-39-23)18-5-6-19(17-4-2-1-3-16(17)18)22(38)34-11-21(37)35-12-24(28,29)30/h1-9H,10-12H2,(H,34,38)(H,35,37). The van der Waals surface area contributed by atoms with E-state index in [1.807, 2.05) is 0 Å². The average Bonchev–Trinajstić information content (AvgIpc) is 3.31. The minimum absolute atomic E-state index is 0.00175. The molecule has 2 N–H and O–H groups in total. The summed E-state index contributed by atoms with van der Waals surface area (Å²) in [7, 11) is 0. The zero-order chi connectivity index (χ0) is 28.6. The van der Waals surface area contributed by atoms with E-state index >= 15 is 0 Å². The van der Waals surface area contributed by atoms with Crippen molar-refractivity contribution < 1.29 is 40.8 Å². The molecule has 0 aliphatic carbocycles. The fourth-order valence-electron chi connectivity index (χ4n) is 4.10. The van der Waals surface area contributed by atoms with Gasteiger partial charge in [0.2, 0.25) is 5.91 Å². The number of amides is 2. The first-order valence-electron chi connectivity index (χ1n) is 11.1. The molecule has 0 saturated carbocycles. The summed E-state index contributed by atoms with van der Waals surface area (Å²) in [5.41, 5.74) is -2.56. The fraction of sp³-hybridized carbons (Fsp3) is 0.240. The van der Waals surface area contributed by atoms with Crippen LogP contribution in [0.1, 0.15) is 27.9 Å². The molecule has 0 spiro atoms. The Balaban J connectivity index is 1.62. The first kappa shape index (κ1) is 28.9. The lowest BCUT2D eigenvalue weighted by Crippen LogP contribution is -2.42. The van der Waals surface area contributed by atoms with E-state index in [1.165, 1.54) is 24.3 Å². The topological polar surface area (TPSA) is 79.8 Å². The highest BCUT2D eigenvalue weighted by atomic mass is 79.9. The third-order valence-corrected chi connectivity index (χ3v) is 6.81. The van der Waals surface area contributed by atoms with Crippen LogP contribution in [0, 0.1) is 0 Å². The van der Waals surface area contributed by atoms with Crippen LogP contribution in [0.15, 0.2) is 68.7 Å². The van der Waals surface area contributed by atoms with Gasteiger partial charge in [0.05, 0.1) is 12.3 Å². The van der Waals surface area contributed by atoms with E-state index in [2.05, 4.69) is 42.3 Å². The van der Waals surface area contributed by atoms with Crippen LogP contribution in [0.2, 0.25) is 0 Å². The van der Waals surface area contributed by atoms with Gasteiger partial charge < -0.3 is 15.5 Å². The van der Waals surface area contributed by atoms with Gasteiger partial charge in [-0.2, -0.15) is 26.3 Å². The van der Waals surface area contributed by atoms with Crippen LogP contribution in [-0.2, 0) is 15.2 Å². The number of nitrogens with one attached hydrogen (secondary N) is 2. The molecule has 1 heterocycles. The first-order valence-corrected chi connectivity index (χ1v) is 12.7. The molecule has 3 aromatic rings. The highest BCUT2D eigenvalue weighted by molar-refractivity contribution is 9.11. The first-order chi connectivity index (χ1) is 18.2. The number of hydrogen-bond donors (Lipinski definition) is 2. The molecule has 39 heavy (non-hydrogen) atoms. The summed E-state index contributed by atoms with van der Waals surface area (Å²) in [6.07, 6.45) is -10.1. The number of rotatable bonds is 6. The number of oxime groups is 1. The van der Waals surface area contributed by atoms with E-state index < -0.39 is 49.3 Å². The number of carbonyl (C=O) groups excluding carboxylic acids is 2. The molecular weight excluding hydrogens is 664 g/mol. The second kappa shape index (κ2) is 10.8. The molecule has 0 aromatic heterocycles. The lowest BCUT2D eigenvalue weighted by atomic mass is 9.85. The van der Waals surface area contributed by atoms with E-state index in [1.54, 1.807) is 35.6 Å². The molecule has 0 fully saturated rings. The Morgan fingerprint density at radius 3 is 2.18 bits per heavy atom. The number of carbonyl (C=O) groups is 2. The maximum absolute atomic E-state index is 14.4. The zero-order valence-electron chi connectivity index (χ0n) is 19.5. The molecule has 3 aromatic carbocycles.